The van der Waals surface area contributed by atoms with Crippen LogP contribution in [0.1, 0.15) is 6.42 Å². The molecule has 0 saturated heterocycles. The van der Waals surface area contributed by atoms with E-state index < -0.39 is 0 Å². The first-order valence-corrected chi connectivity index (χ1v) is 3.56. The second-order valence-corrected chi connectivity index (χ2v) is 2.55. The lowest BCUT2D eigenvalue weighted by Gasteiger charge is -2.04. The molecule has 1 rings (SSSR count). The lowest BCUT2D eigenvalue weighted by molar-refractivity contribution is 1.30. The molecule has 0 atom stereocenters. The molecule has 0 aliphatic carbocycles. The van der Waals surface area contributed by atoms with Crippen molar-refractivity contribution in [2.24, 2.45) is 0 Å². The van der Waals surface area contributed by atoms with Gasteiger partial charge in [-0.05, 0) is 30.5 Å². The largest absolute Gasteiger partial charge is 0.333 e. The molecule has 0 saturated carbocycles. The number of rotatable bonds is 2. The number of hydrogen-bond acceptors (Lipinski definition) is 2. The SMILES string of the molecule is C=CCC1=[C]C=CNS1. The predicted molar refractivity (Wildman–Crippen MR) is 41.4 cm³/mol. The van der Waals surface area contributed by atoms with Gasteiger partial charge in [0.1, 0.15) is 0 Å². The summed E-state index contributed by atoms with van der Waals surface area (Å²) in [5.41, 5.74) is 0. The molecule has 47 valence electrons. The van der Waals surface area contributed by atoms with Gasteiger partial charge in [-0.3, -0.25) is 0 Å². The lowest BCUT2D eigenvalue weighted by Crippen LogP contribution is -1.95. The maximum absolute atomic E-state index is 3.63. The zero-order valence-electron chi connectivity index (χ0n) is 5.05. The third-order valence-electron chi connectivity index (χ3n) is 0.908. The molecule has 0 spiro atoms. The Morgan fingerprint density at radius 2 is 2.78 bits per heavy atom. The Kier molecular flexibility index (Phi) is 2.46. The van der Waals surface area contributed by atoms with Crippen LogP contribution in [0.15, 0.2) is 29.8 Å². The molecule has 2 heteroatoms. The zero-order valence-corrected chi connectivity index (χ0v) is 5.87. The quantitative estimate of drug-likeness (QED) is 0.463. The van der Waals surface area contributed by atoms with Crippen molar-refractivity contribution in [3.63, 3.8) is 0 Å². The van der Waals surface area contributed by atoms with Gasteiger partial charge in [0.25, 0.3) is 0 Å². The first-order chi connectivity index (χ1) is 4.43. The van der Waals surface area contributed by atoms with Gasteiger partial charge in [-0.2, -0.15) is 0 Å². The van der Waals surface area contributed by atoms with Crippen LogP contribution in [0, 0.1) is 6.08 Å². The van der Waals surface area contributed by atoms with E-state index in [4.69, 9.17) is 0 Å². The highest BCUT2D eigenvalue weighted by Gasteiger charge is 1.95. The van der Waals surface area contributed by atoms with Crippen LogP contribution < -0.4 is 4.72 Å². The minimum Gasteiger partial charge on any atom is -0.333 e. The van der Waals surface area contributed by atoms with Gasteiger partial charge >= 0.3 is 0 Å². The van der Waals surface area contributed by atoms with Crippen molar-refractivity contribution in [2.45, 2.75) is 6.42 Å². The molecular weight excluding hydrogens is 130 g/mol. The van der Waals surface area contributed by atoms with E-state index in [9.17, 15) is 0 Å². The topological polar surface area (TPSA) is 12.0 Å². The highest BCUT2D eigenvalue weighted by atomic mass is 32.2. The molecule has 1 radical (unpaired) electrons. The van der Waals surface area contributed by atoms with Crippen LogP contribution in [0.2, 0.25) is 0 Å². The molecule has 0 aromatic carbocycles. The predicted octanol–water partition coefficient (Wildman–Crippen LogP) is 2.01. The van der Waals surface area contributed by atoms with Gasteiger partial charge in [-0.1, -0.05) is 6.08 Å². The Bertz CT molecular complexity index is 158. The van der Waals surface area contributed by atoms with Crippen molar-refractivity contribution in [3.05, 3.63) is 35.9 Å². The van der Waals surface area contributed by atoms with E-state index in [0.717, 1.165) is 6.42 Å². The number of allylic oxidation sites excluding steroid dienone is 4. The smallest absolute Gasteiger partial charge is 0.0176 e. The molecular formula is C7H8NS. The molecule has 0 bridgehead atoms. The van der Waals surface area contributed by atoms with E-state index in [0.29, 0.717) is 0 Å². The molecule has 1 N–H and O–H groups in total. The summed E-state index contributed by atoms with van der Waals surface area (Å²) in [6.07, 6.45) is 9.59. The van der Waals surface area contributed by atoms with Crippen molar-refractivity contribution >= 4 is 11.9 Å². The summed E-state index contributed by atoms with van der Waals surface area (Å²) in [5.74, 6) is 0. The van der Waals surface area contributed by atoms with Crippen molar-refractivity contribution in [3.8, 4) is 0 Å². The maximum Gasteiger partial charge on any atom is 0.0176 e. The molecule has 0 amide bonds. The molecule has 9 heavy (non-hydrogen) atoms. The molecule has 0 aromatic heterocycles. The van der Waals surface area contributed by atoms with Gasteiger partial charge in [0, 0.05) is 11.1 Å². The van der Waals surface area contributed by atoms with Crippen molar-refractivity contribution in [2.75, 3.05) is 0 Å². The third kappa shape index (κ3) is 1.98. The van der Waals surface area contributed by atoms with Crippen LogP contribution in [0.25, 0.3) is 0 Å². The molecule has 1 aliphatic heterocycles. The van der Waals surface area contributed by atoms with E-state index in [1.54, 1.807) is 11.9 Å². The van der Waals surface area contributed by atoms with E-state index in [1.807, 2.05) is 18.4 Å². The molecule has 1 nitrogen and oxygen atoms in total. The van der Waals surface area contributed by atoms with Crippen LogP contribution >= 0.6 is 11.9 Å². The molecule has 0 unspecified atom stereocenters. The number of nitrogens with one attached hydrogen (secondary N) is 1. The van der Waals surface area contributed by atoms with E-state index in [-0.39, 0.29) is 0 Å². The lowest BCUT2D eigenvalue weighted by atomic mass is 10.3. The Morgan fingerprint density at radius 3 is 3.33 bits per heavy atom. The van der Waals surface area contributed by atoms with Crippen molar-refractivity contribution in [1.82, 2.24) is 4.72 Å². The fourth-order valence-electron chi connectivity index (χ4n) is 0.535. The second-order valence-electron chi connectivity index (χ2n) is 1.61. The van der Waals surface area contributed by atoms with Gasteiger partial charge < -0.3 is 4.72 Å². The first kappa shape index (κ1) is 6.49. The Morgan fingerprint density at radius 1 is 1.89 bits per heavy atom. The van der Waals surface area contributed by atoms with Crippen LogP contribution in [-0.4, -0.2) is 0 Å². The summed E-state index contributed by atoms with van der Waals surface area (Å²) < 4.78 is 3.01. The van der Waals surface area contributed by atoms with Crippen molar-refractivity contribution in [1.29, 1.82) is 0 Å². The first-order valence-electron chi connectivity index (χ1n) is 2.74. The highest BCUT2D eigenvalue weighted by Crippen LogP contribution is 2.17. The van der Waals surface area contributed by atoms with Crippen LogP contribution in [0.3, 0.4) is 0 Å². The van der Waals surface area contributed by atoms with Crippen LogP contribution in [0.5, 0.6) is 0 Å². The van der Waals surface area contributed by atoms with Gasteiger partial charge in [0.2, 0.25) is 0 Å². The normalized spacial score (nSPS) is 16.2. The van der Waals surface area contributed by atoms with E-state index in [2.05, 4.69) is 17.4 Å². The standard InChI is InChI=1S/C7H8NS/c1-2-4-7-5-3-6-8-9-7/h2-3,6,8H,1,4H2. The third-order valence-corrected chi connectivity index (χ3v) is 1.69. The van der Waals surface area contributed by atoms with Crippen LogP contribution in [0.4, 0.5) is 0 Å². The van der Waals surface area contributed by atoms with E-state index >= 15 is 0 Å². The fourth-order valence-corrected chi connectivity index (χ4v) is 1.14. The average molecular weight is 138 g/mol. The van der Waals surface area contributed by atoms with E-state index in [1.165, 1.54) is 4.91 Å². The summed E-state index contributed by atoms with van der Waals surface area (Å²) in [6, 6.07) is 0. The Hall–Kier alpha value is -0.630. The van der Waals surface area contributed by atoms with Gasteiger partial charge in [-0.25, -0.2) is 0 Å². The monoisotopic (exact) mass is 138 g/mol. The highest BCUT2D eigenvalue weighted by molar-refractivity contribution is 8.01. The Labute approximate surface area is 59.7 Å². The summed E-state index contributed by atoms with van der Waals surface area (Å²) >= 11 is 1.59. The summed E-state index contributed by atoms with van der Waals surface area (Å²) in [6.45, 7) is 3.63. The maximum atomic E-state index is 3.63. The molecule has 0 aromatic rings. The summed E-state index contributed by atoms with van der Waals surface area (Å²) in [5, 5.41) is 0. The Balaban J connectivity index is 2.47. The summed E-state index contributed by atoms with van der Waals surface area (Å²) in [4.78, 5) is 1.19. The zero-order chi connectivity index (χ0) is 6.53. The van der Waals surface area contributed by atoms with Crippen molar-refractivity contribution < 1.29 is 0 Å². The van der Waals surface area contributed by atoms with Gasteiger partial charge in [0.05, 0.1) is 0 Å². The number of hydrogen-bond donors (Lipinski definition) is 1. The molecule has 1 aliphatic rings. The summed E-state index contributed by atoms with van der Waals surface area (Å²) in [7, 11) is 0. The fraction of sp³-hybridized carbons (Fsp3) is 0.143. The van der Waals surface area contributed by atoms with Gasteiger partial charge in [0.15, 0.2) is 0 Å². The van der Waals surface area contributed by atoms with Crippen LogP contribution in [-0.2, 0) is 0 Å². The minimum absolute atomic E-state index is 0.905. The minimum atomic E-state index is 0.905. The molecule has 1 heterocycles. The average Bonchev–Trinajstić information content (AvgIpc) is 1.91. The second kappa shape index (κ2) is 3.41. The van der Waals surface area contributed by atoms with Gasteiger partial charge in [-0.15, -0.1) is 6.58 Å². The molecule has 0 fully saturated rings.